The lowest BCUT2D eigenvalue weighted by Crippen LogP contribution is -2.25. The van der Waals surface area contributed by atoms with Crippen LogP contribution in [0.1, 0.15) is 59.2 Å². The molecule has 0 aliphatic rings. The van der Waals surface area contributed by atoms with Crippen LogP contribution in [0.2, 0.25) is 0 Å². The third kappa shape index (κ3) is 9.88. The number of carbonyl (C=O) groups excluding carboxylic acids is 2. The van der Waals surface area contributed by atoms with E-state index in [2.05, 4.69) is 10.6 Å². The van der Waals surface area contributed by atoms with Crippen LogP contribution < -0.4 is 10.6 Å². The first-order valence-corrected chi connectivity index (χ1v) is 13.1. The zero-order valence-corrected chi connectivity index (χ0v) is 20.3. The minimum Gasteiger partial charge on any atom is -0.481 e. The fourth-order valence-corrected chi connectivity index (χ4v) is 5.30. The summed E-state index contributed by atoms with van der Waals surface area (Å²) in [6.45, 7) is 0.793. The third-order valence-corrected chi connectivity index (χ3v) is 7.17. The maximum atomic E-state index is 12.6. The monoisotopic (exact) mass is 504 g/mol. The van der Waals surface area contributed by atoms with Crippen LogP contribution in [0.3, 0.4) is 0 Å². The molecule has 4 N–H and O–H groups in total. The third-order valence-electron chi connectivity index (χ3n) is 4.69. The van der Waals surface area contributed by atoms with Gasteiger partial charge in [0.25, 0.3) is 11.8 Å². The van der Waals surface area contributed by atoms with Crippen molar-refractivity contribution >= 4 is 45.3 Å². The van der Waals surface area contributed by atoms with Crippen LogP contribution >= 0.6 is 21.6 Å². The smallest absolute Gasteiger partial charge is 0.303 e. The minimum atomic E-state index is -0.850. The summed E-state index contributed by atoms with van der Waals surface area (Å²) in [6, 6.07) is 14.4. The molecule has 0 heterocycles. The predicted molar refractivity (Wildman–Crippen MR) is 132 cm³/mol. The molecule has 0 fully saturated rings. The summed E-state index contributed by atoms with van der Waals surface area (Å²) in [6.07, 6.45) is 2.32. The Balaban J connectivity index is 1.93. The lowest BCUT2D eigenvalue weighted by atomic mass is 10.2. The molecule has 2 rings (SSSR count). The van der Waals surface area contributed by atoms with Crippen molar-refractivity contribution in [3.05, 3.63) is 59.7 Å². The molecule has 0 spiro atoms. The Morgan fingerprint density at radius 3 is 1.38 bits per heavy atom. The summed E-state index contributed by atoms with van der Waals surface area (Å²) >= 11 is 0. The van der Waals surface area contributed by atoms with Gasteiger partial charge in [-0.25, -0.2) is 0 Å². The van der Waals surface area contributed by atoms with E-state index in [4.69, 9.17) is 10.2 Å². The van der Waals surface area contributed by atoms with Crippen molar-refractivity contribution in [3.8, 4) is 0 Å². The molecule has 0 aliphatic heterocycles. The number of unbranched alkanes of at least 4 members (excludes halogenated alkanes) is 2. The average Bonchev–Trinajstić information content (AvgIpc) is 2.82. The molecule has 2 amide bonds. The van der Waals surface area contributed by atoms with Crippen LogP contribution in [0, 0.1) is 0 Å². The van der Waals surface area contributed by atoms with E-state index in [1.165, 1.54) is 21.6 Å². The van der Waals surface area contributed by atoms with Crippen molar-refractivity contribution in [2.75, 3.05) is 13.1 Å². The molecule has 10 heteroatoms. The van der Waals surface area contributed by atoms with Crippen molar-refractivity contribution in [3.63, 3.8) is 0 Å². The number of hydrogen-bond donors (Lipinski definition) is 4. The van der Waals surface area contributed by atoms with Gasteiger partial charge in [0.2, 0.25) is 0 Å². The fraction of sp³-hybridized carbons (Fsp3) is 0.333. The van der Waals surface area contributed by atoms with Crippen LogP contribution in [0.25, 0.3) is 0 Å². The molecule has 182 valence electrons. The normalized spacial score (nSPS) is 10.5. The van der Waals surface area contributed by atoms with Gasteiger partial charge in [-0.3, -0.25) is 19.2 Å². The molecule has 0 atom stereocenters. The summed E-state index contributed by atoms with van der Waals surface area (Å²) in [4.78, 5) is 47.9. The Bertz CT molecular complexity index is 919. The molecule has 0 saturated heterocycles. The highest BCUT2D eigenvalue weighted by Crippen LogP contribution is 2.40. The second kappa shape index (κ2) is 15.0. The average molecular weight is 505 g/mol. The van der Waals surface area contributed by atoms with Gasteiger partial charge in [0.05, 0.1) is 11.1 Å². The van der Waals surface area contributed by atoms with Gasteiger partial charge >= 0.3 is 11.9 Å². The Kier molecular flexibility index (Phi) is 12.0. The number of rotatable bonds is 15. The molecule has 0 bridgehead atoms. The highest BCUT2D eigenvalue weighted by atomic mass is 33.1. The van der Waals surface area contributed by atoms with Gasteiger partial charge in [-0.05, 0) is 49.9 Å². The van der Waals surface area contributed by atoms with Crippen LogP contribution in [-0.2, 0) is 9.59 Å². The molecule has 0 radical (unpaired) electrons. The van der Waals surface area contributed by atoms with Crippen molar-refractivity contribution in [1.82, 2.24) is 10.6 Å². The standard InChI is InChI=1S/C24H28N2O6S2/c27-21(28)13-5-7-15-25-23(31)17-9-1-3-11-19(17)33-34-20-12-4-2-10-18(20)24(32)26-16-8-6-14-22(29)30/h1-4,9-12H,5-8,13-16H2,(H,25,31)(H,26,32)(H,27,28)(H,29,30). The largest absolute Gasteiger partial charge is 0.481 e. The van der Waals surface area contributed by atoms with Gasteiger partial charge in [-0.15, -0.1) is 0 Å². The Hall–Kier alpha value is -2.98. The quantitative estimate of drug-likeness (QED) is 0.206. The Labute approximate surface area is 206 Å². The van der Waals surface area contributed by atoms with Crippen molar-refractivity contribution in [2.24, 2.45) is 0 Å². The van der Waals surface area contributed by atoms with Gasteiger partial charge < -0.3 is 20.8 Å². The summed E-state index contributed by atoms with van der Waals surface area (Å²) in [5.41, 5.74) is 1.03. The molecule has 0 aromatic heterocycles. The first-order chi connectivity index (χ1) is 16.4. The Morgan fingerprint density at radius 2 is 1.00 bits per heavy atom. The van der Waals surface area contributed by atoms with Gasteiger partial charge in [-0.2, -0.15) is 0 Å². The Morgan fingerprint density at radius 1 is 0.618 bits per heavy atom. The van der Waals surface area contributed by atoms with Crippen molar-refractivity contribution < 1.29 is 29.4 Å². The van der Waals surface area contributed by atoms with E-state index in [0.29, 0.717) is 49.9 Å². The number of hydrogen-bond acceptors (Lipinski definition) is 6. The number of nitrogens with one attached hydrogen (secondary N) is 2. The van der Waals surface area contributed by atoms with Gasteiger partial charge in [0, 0.05) is 35.7 Å². The van der Waals surface area contributed by atoms with Crippen LogP contribution in [-0.4, -0.2) is 47.1 Å². The SMILES string of the molecule is O=C(O)CCCCNC(=O)c1ccccc1SSc1ccccc1C(=O)NCCCCC(=O)O. The summed E-state index contributed by atoms with van der Waals surface area (Å²) in [5, 5.41) is 23.0. The highest BCUT2D eigenvalue weighted by molar-refractivity contribution is 8.76. The molecule has 2 aromatic carbocycles. The highest BCUT2D eigenvalue weighted by Gasteiger charge is 2.15. The zero-order valence-electron chi connectivity index (χ0n) is 18.6. The van der Waals surface area contributed by atoms with Gasteiger partial charge in [0.15, 0.2) is 0 Å². The van der Waals surface area contributed by atoms with Crippen LogP contribution in [0.15, 0.2) is 58.3 Å². The number of amides is 2. The lowest BCUT2D eigenvalue weighted by molar-refractivity contribution is -0.138. The molecular weight excluding hydrogens is 476 g/mol. The zero-order chi connectivity index (χ0) is 24.8. The molecular formula is C24H28N2O6S2. The van der Waals surface area contributed by atoms with E-state index >= 15 is 0 Å². The second-order valence-electron chi connectivity index (χ2n) is 7.37. The maximum Gasteiger partial charge on any atom is 0.303 e. The summed E-state index contributed by atoms with van der Waals surface area (Å²) in [5.74, 6) is -2.16. The first-order valence-electron chi connectivity index (χ1n) is 10.9. The van der Waals surface area contributed by atoms with Crippen molar-refractivity contribution in [1.29, 1.82) is 0 Å². The van der Waals surface area contributed by atoms with E-state index in [0.717, 1.165) is 9.79 Å². The molecule has 0 saturated carbocycles. The van der Waals surface area contributed by atoms with E-state index in [9.17, 15) is 19.2 Å². The van der Waals surface area contributed by atoms with Crippen molar-refractivity contribution in [2.45, 2.75) is 48.3 Å². The first kappa shape index (κ1) is 27.3. The number of aliphatic carboxylic acids is 2. The van der Waals surface area contributed by atoms with E-state index in [1.54, 1.807) is 24.3 Å². The minimum absolute atomic E-state index is 0.0776. The number of carboxylic acid groups (broad SMARTS) is 2. The van der Waals surface area contributed by atoms with Gasteiger partial charge in [-0.1, -0.05) is 45.9 Å². The van der Waals surface area contributed by atoms with E-state index in [1.807, 2.05) is 24.3 Å². The predicted octanol–water partition coefficient (Wildman–Crippen LogP) is 4.46. The topological polar surface area (TPSA) is 133 Å². The lowest BCUT2D eigenvalue weighted by Gasteiger charge is -2.11. The molecule has 34 heavy (non-hydrogen) atoms. The summed E-state index contributed by atoms with van der Waals surface area (Å²) < 4.78 is 0. The fourth-order valence-electron chi connectivity index (χ4n) is 2.94. The van der Waals surface area contributed by atoms with E-state index < -0.39 is 11.9 Å². The number of carboxylic acids is 2. The molecule has 8 nitrogen and oxygen atoms in total. The number of carbonyl (C=O) groups is 4. The molecule has 0 unspecified atom stereocenters. The van der Waals surface area contributed by atoms with Crippen LogP contribution in [0.4, 0.5) is 0 Å². The van der Waals surface area contributed by atoms with Crippen LogP contribution in [0.5, 0.6) is 0 Å². The number of benzene rings is 2. The molecule has 0 aliphatic carbocycles. The summed E-state index contributed by atoms with van der Waals surface area (Å²) in [7, 11) is 2.75. The second-order valence-corrected chi connectivity index (χ2v) is 9.59. The molecule has 2 aromatic rings. The van der Waals surface area contributed by atoms with Gasteiger partial charge in [0.1, 0.15) is 0 Å². The van der Waals surface area contributed by atoms with E-state index in [-0.39, 0.29) is 24.7 Å². The maximum absolute atomic E-state index is 12.6.